The van der Waals surface area contributed by atoms with Crippen molar-refractivity contribution in [2.45, 2.75) is 59.0 Å². The largest absolute Gasteiger partial charge is 0.315 e. The Labute approximate surface area is 124 Å². The van der Waals surface area contributed by atoms with Crippen LogP contribution in [0.3, 0.4) is 0 Å². The molecule has 1 rings (SSSR count). The Morgan fingerprint density at radius 1 is 1.10 bits per heavy atom. The summed E-state index contributed by atoms with van der Waals surface area (Å²) >= 11 is 0. The summed E-state index contributed by atoms with van der Waals surface area (Å²) < 4.78 is 0. The molecule has 0 amide bonds. The quantitative estimate of drug-likeness (QED) is 0.628. The second-order valence-electron chi connectivity index (χ2n) is 5.75. The van der Waals surface area contributed by atoms with Crippen LogP contribution in [-0.2, 0) is 6.54 Å². The van der Waals surface area contributed by atoms with Gasteiger partial charge in [0, 0.05) is 25.0 Å². The molecule has 1 aromatic rings. The van der Waals surface area contributed by atoms with E-state index in [0.717, 1.165) is 19.6 Å². The molecule has 0 saturated heterocycles. The Bertz CT molecular complexity index is 324. The average molecular weight is 277 g/mol. The third-order valence-electron chi connectivity index (χ3n) is 3.56. The fourth-order valence-electron chi connectivity index (χ4n) is 2.30. The minimum atomic E-state index is 0.617. The van der Waals surface area contributed by atoms with Gasteiger partial charge in [0.15, 0.2) is 0 Å². The number of unbranched alkanes of at least 4 members (excludes halogenated alkanes) is 3. The van der Waals surface area contributed by atoms with E-state index in [-0.39, 0.29) is 0 Å². The maximum absolute atomic E-state index is 4.07. The maximum atomic E-state index is 4.07. The highest BCUT2D eigenvalue weighted by Gasteiger charge is 2.03. The fraction of sp³-hybridized carbons (Fsp3) is 0.706. The van der Waals surface area contributed by atoms with Crippen molar-refractivity contribution in [1.82, 2.24) is 15.2 Å². The predicted molar refractivity (Wildman–Crippen MR) is 86.8 cm³/mol. The molecule has 0 unspecified atom stereocenters. The molecule has 0 aliphatic carbocycles. The van der Waals surface area contributed by atoms with E-state index in [1.807, 2.05) is 12.4 Å². The molecule has 114 valence electrons. The zero-order valence-electron chi connectivity index (χ0n) is 13.4. The second kappa shape index (κ2) is 10.8. The predicted octanol–water partition coefficient (Wildman–Crippen LogP) is 3.46. The summed E-state index contributed by atoms with van der Waals surface area (Å²) in [5.41, 5.74) is 1.36. The van der Waals surface area contributed by atoms with E-state index in [0.29, 0.717) is 6.04 Å². The summed E-state index contributed by atoms with van der Waals surface area (Å²) in [5, 5.41) is 3.47. The van der Waals surface area contributed by atoms with Crippen LogP contribution >= 0.6 is 0 Å². The molecule has 1 heterocycles. The van der Waals surface area contributed by atoms with Gasteiger partial charge in [-0.2, -0.15) is 0 Å². The molecule has 0 radical (unpaired) electrons. The van der Waals surface area contributed by atoms with Crippen LogP contribution in [0.1, 0.15) is 52.0 Å². The number of hydrogen-bond donors (Lipinski definition) is 1. The molecule has 1 aromatic heterocycles. The van der Waals surface area contributed by atoms with Crippen LogP contribution in [0.2, 0.25) is 0 Å². The molecule has 0 fully saturated rings. The lowest BCUT2D eigenvalue weighted by molar-refractivity contribution is 0.272. The minimum absolute atomic E-state index is 0.617. The van der Waals surface area contributed by atoms with Crippen LogP contribution in [-0.4, -0.2) is 35.6 Å². The van der Waals surface area contributed by atoms with E-state index in [4.69, 9.17) is 0 Å². The first-order valence-corrected chi connectivity index (χ1v) is 8.07. The molecule has 0 bridgehead atoms. The number of rotatable bonds is 11. The van der Waals surface area contributed by atoms with Crippen molar-refractivity contribution in [2.75, 3.05) is 19.6 Å². The summed E-state index contributed by atoms with van der Waals surface area (Å²) in [7, 11) is 0. The summed E-state index contributed by atoms with van der Waals surface area (Å²) in [6.45, 7) is 11.2. The first-order valence-electron chi connectivity index (χ1n) is 8.07. The van der Waals surface area contributed by atoms with E-state index in [1.165, 1.54) is 37.8 Å². The van der Waals surface area contributed by atoms with E-state index in [2.05, 4.69) is 48.1 Å². The van der Waals surface area contributed by atoms with Crippen LogP contribution in [0.25, 0.3) is 0 Å². The number of nitrogens with one attached hydrogen (secondary N) is 1. The van der Waals surface area contributed by atoms with Crippen molar-refractivity contribution in [3.8, 4) is 0 Å². The highest BCUT2D eigenvalue weighted by molar-refractivity contribution is 5.09. The van der Waals surface area contributed by atoms with Crippen molar-refractivity contribution in [2.24, 2.45) is 0 Å². The average Bonchev–Trinajstić information content (AvgIpc) is 2.45. The number of nitrogens with zero attached hydrogens (tertiary/aromatic N) is 2. The Morgan fingerprint density at radius 2 is 1.80 bits per heavy atom. The van der Waals surface area contributed by atoms with E-state index in [9.17, 15) is 0 Å². The van der Waals surface area contributed by atoms with E-state index in [1.54, 1.807) is 0 Å². The van der Waals surface area contributed by atoms with Gasteiger partial charge in [-0.05, 0) is 50.2 Å². The molecule has 1 N–H and O–H groups in total. The Hall–Kier alpha value is -0.930. The molecule has 0 aliphatic rings. The van der Waals surface area contributed by atoms with Gasteiger partial charge in [0.2, 0.25) is 0 Å². The lowest BCUT2D eigenvalue weighted by Gasteiger charge is -2.20. The second-order valence-corrected chi connectivity index (χ2v) is 5.75. The van der Waals surface area contributed by atoms with E-state index >= 15 is 0 Å². The van der Waals surface area contributed by atoms with Crippen LogP contribution in [0.5, 0.6) is 0 Å². The van der Waals surface area contributed by atoms with Crippen LogP contribution in [0.4, 0.5) is 0 Å². The lowest BCUT2D eigenvalue weighted by atomic mass is 10.1. The first kappa shape index (κ1) is 17.1. The topological polar surface area (TPSA) is 28.2 Å². The van der Waals surface area contributed by atoms with Crippen LogP contribution in [0.15, 0.2) is 24.5 Å². The van der Waals surface area contributed by atoms with Gasteiger partial charge in [-0.15, -0.1) is 0 Å². The third-order valence-corrected chi connectivity index (χ3v) is 3.56. The number of hydrogen-bond acceptors (Lipinski definition) is 3. The standard InChI is InChI=1S/C17H31N3/c1-4-20(15-17-9-12-18-13-10-17)14-8-6-5-7-11-19-16(2)3/h9-10,12-13,16,19H,4-8,11,14-15H2,1-3H3. The van der Waals surface area contributed by atoms with Crippen molar-refractivity contribution in [1.29, 1.82) is 0 Å². The van der Waals surface area contributed by atoms with Crippen molar-refractivity contribution < 1.29 is 0 Å². The van der Waals surface area contributed by atoms with Gasteiger partial charge >= 0.3 is 0 Å². The lowest BCUT2D eigenvalue weighted by Crippen LogP contribution is -2.24. The highest BCUT2D eigenvalue weighted by Crippen LogP contribution is 2.06. The Balaban J connectivity index is 2.07. The van der Waals surface area contributed by atoms with Crippen molar-refractivity contribution >= 4 is 0 Å². The molecule has 0 saturated carbocycles. The monoisotopic (exact) mass is 277 g/mol. The molecular formula is C17H31N3. The van der Waals surface area contributed by atoms with Crippen molar-refractivity contribution in [3.63, 3.8) is 0 Å². The molecule has 0 aliphatic heterocycles. The molecular weight excluding hydrogens is 246 g/mol. The van der Waals surface area contributed by atoms with Gasteiger partial charge < -0.3 is 5.32 Å². The van der Waals surface area contributed by atoms with Gasteiger partial charge in [-0.1, -0.05) is 33.6 Å². The molecule has 3 heteroatoms. The van der Waals surface area contributed by atoms with Gasteiger partial charge in [-0.3, -0.25) is 9.88 Å². The summed E-state index contributed by atoms with van der Waals surface area (Å²) in [4.78, 5) is 6.59. The third kappa shape index (κ3) is 8.28. The van der Waals surface area contributed by atoms with Gasteiger partial charge in [0.05, 0.1) is 0 Å². The Morgan fingerprint density at radius 3 is 2.45 bits per heavy atom. The number of pyridine rings is 1. The molecule has 3 nitrogen and oxygen atoms in total. The van der Waals surface area contributed by atoms with Crippen LogP contribution in [0, 0.1) is 0 Å². The zero-order chi connectivity index (χ0) is 14.6. The van der Waals surface area contributed by atoms with Crippen LogP contribution < -0.4 is 5.32 Å². The molecule has 0 spiro atoms. The summed E-state index contributed by atoms with van der Waals surface area (Å²) in [5.74, 6) is 0. The molecule has 20 heavy (non-hydrogen) atoms. The molecule has 0 aromatic carbocycles. The fourth-order valence-corrected chi connectivity index (χ4v) is 2.30. The van der Waals surface area contributed by atoms with Crippen molar-refractivity contribution in [3.05, 3.63) is 30.1 Å². The Kier molecular flexibility index (Phi) is 9.25. The summed E-state index contributed by atoms with van der Waals surface area (Å²) in [6, 6.07) is 4.84. The zero-order valence-corrected chi connectivity index (χ0v) is 13.4. The molecule has 0 atom stereocenters. The maximum Gasteiger partial charge on any atom is 0.0271 e. The SMILES string of the molecule is CCN(CCCCCCNC(C)C)Cc1ccncc1. The van der Waals surface area contributed by atoms with Gasteiger partial charge in [-0.25, -0.2) is 0 Å². The smallest absolute Gasteiger partial charge is 0.0271 e. The highest BCUT2D eigenvalue weighted by atomic mass is 15.1. The van der Waals surface area contributed by atoms with E-state index < -0.39 is 0 Å². The normalized spacial score (nSPS) is 11.4. The summed E-state index contributed by atoms with van der Waals surface area (Å²) in [6.07, 6.45) is 9.05. The van der Waals surface area contributed by atoms with Gasteiger partial charge in [0.1, 0.15) is 0 Å². The first-order chi connectivity index (χ1) is 9.72. The minimum Gasteiger partial charge on any atom is -0.315 e. The number of aromatic nitrogens is 1. The van der Waals surface area contributed by atoms with Gasteiger partial charge in [0.25, 0.3) is 0 Å².